The number of nitrogens with one attached hydrogen (secondary N) is 1. The van der Waals surface area contributed by atoms with E-state index in [1.54, 1.807) is 18.3 Å². The fraction of sp³-hybridized carbons (Fsp3) is 0.333. The first kappa shape index (κ1) is 19.5. The summed E-state index contributed by atoms with van der Waals surface area (Å²) in [4.78, 5) is 23.6. The van der Waals surface area contributed by atoms with Crippen LogP contribution in [0.3, 0.4) is 0 Å². The van der Waals surface area contributed by atoms with E-state index in [1.165, 1.54) is 0 Å². The minimum atomic E-state index is -0.108. The van der Waals surface area contributed by atoms with E-state index in [2.05, 4.69) is 20.2 Å². The molecule has 8 heteroatoms. The number of aliphatic hydroxyl groups is 1. The fourth-order valence-corrected chi connectivity index (χ4v) is 3.96. The van der Waals surface area contributed by atoms with Gasteiger partial charge in [-0.3, -0.25) is 9.89 Å². The number of nitrogens with zero attached hydrogens (tertiary/aromatic N) is 4. The average Bonchev–Trinajstić information content (AvgIpc) is 3.23. The van der Waals surface area contributed by atoms with Gasteiger partial charge in [0.05, 0.1) is 18.0 Å². The summed E-state index contributed by atoms with van der Waals surface area (Å²) in [5.74, 6) is 0.652. The summed E-state index contributed by atoms with van der Waals surface area (Å²) in [6.45, 7) is 2.95. The van der Waals surface area contributed by atoms with Gasteiger partial charge < -0.3 is 10.0 Å². The molecule has 1 aliphatic rings. The lowest BCUT2D eigenvalue weighted by Gasteiger charge is -2.32. The Morgan fingerprint density at radius 3 is 3.03 bits per heavy atom. The van der Waals surface area contributed by atoms with Crippen LogP contribution in [-0.4, -0.2) is 49.2 Å². The van der Waals surface area contributed by atoms with Crippen molar-refractivity contribution >= 4 is 17.5 Å². The Labute approximate surface area is 173 Å². The topological polar surface area (TPSA) is 95.0 Å². The zero-order chi connectivity index (χ0) is 20.4. The van der Waals surface area contributed by atoms with Crippen molar-refractivity contribution in [2.45, 2.75) is 32.3 Å². The highest BCUT2D eigenvalue weighted by Gasteiger charge is 2.29. The lowest BCUT2D eigenvalue weighted by molar-refractivity contribution is 0.0699. The number of likely N-dealkylation sites (tertiary alicyclic amines) is 1. The molecular formula is C21H22ClN5O2. The number of piperidine rings is 1. The molecule has 1 saturated heterocycles. The minimum Gasteiger partial charge on any atom is -0.392 e. The number of amides is 1. The predicted octanol–water partition coefficient (Wildman–Crippen LogP) is 3.34. The highest BCUT2D eigenvalue weighted by Crippen LogP contribution is 2.29. The Hall–Kier alpha value is -2.77. The molecule has 4 rings (SSSR count). The summed E-state index contributed by atoms with van der Waals surface area (Å²) in [5.41, 5.74) is 3.54. The summed E-state index contributed by atoms with van der Waals surface area (Å²) in [5, 5.41) is 17.4. The maximum absolute atomic E-state index is 13.1. The van der Waals surface area contributed by atoms with Gasteiger partial charge in [-0.25, -0.2) is 9.97 Å². The summed E-state index contributed by atoms with van der Waals surface area (Å²) in [7, 11) is 0. The minimum absolute atomic E-state index is 0.0758. The molecule has 1 atom stereocenters. The number of aromatic amines is 1. The third kappa shape index (κ3) is 4.16. The summed E-state index contributed by atoms with van der Waals surface area (Å²) >= 11 is 6.05. The van der Waals surface area contributed by atoms with Crippen molar-refractivity contribution in [3.8, 4) is 11.3 Å². The zero-order valence-electron chi connectivity index (χ0n) is 16.1. The highest BCUT2D eigenvalue weighted by atomic mass is 35.5. The van der Waals surface area contributed by atoms with Gasteiger partial charge in [0.15, 0.2) is 0 Å². The Morgan fingerprint density at radius 1 is 1.38 bits per heavy atom. The van der Waals surface area contributed by atoms with Crippen LogP contribution in [0.15, 0.2) is 36.5 Å². The van der Waals surface area contributed by atoms with Gasteiger partial charge in [0.2, 0.25) is 0 Å². The Bertz CT molecular complexity index is 1040. The molecule has 1 aliphatic heterocycles. The molecule has 1 fully saturated rings. The van der Waals surface area contributed by atoms with Gasteiger partial charge in [-0.05, 0) is 38.0 Å². The molecule has 0 bridgehead atoms. The maximum Gasteiger partial charge on any atom is 0.271 e. The van der Waals surface area contributed by atoms with Gasteiger partial charge in [-0.15, -0.1) is 0 Å². The lowest BCUT2D eigenvalue weighted by Crippen LogP contribution is -2.39. The number of benzene rings is 1. The third-order valence-corrected chi connectivity index (χ3v) is 5.45. The number of rotatable bonds is 4. The number of carbonyl (C=O) groups excluding carboxylic acids is 1. The maximum atomic E-state index is 13.1. The molecule has 1 unspecified atom stereocenters. The fourth-order valence-electron chi connectivity index (χ4n) is 3.77. The Morgan fingerprint density at radius 2 is 2.24 bits per heavy atom. The summed E-state index contributed by atoms with van der Waals surface area (Å²) in [6, 6.07) is 9.13. The molecule has 7 nitrogen and oxygen atoms in total. The van der Waals surface area contributed by atoms with Crippen molar-refractivity contribution in [2.24, 2.45) is 0 Å². The number of aliphatic hydroxyl groups excluding tert-OH is 1. The molecule has 2 N–H and O–H groups in total. The second-order valence-corrected chi connectivity index (χ2v) is 7.69. The quantitative estimate of drug-likeness (QED) is 0.686. The van der Waals surface area contributed by atoms with E-state index < -0.39 is 0 Å². The van der Waals surface area contributed by atoms with Crippen molar-refractivity contribution in [1.82, 2.24) is 25.1 Å². The molecule has 3 heterocycles. The molecule has 0 radical (unpaired) electrons. The normalized spacial score (nSPS) is 16.8. The lowest BCUT2D eigenvalue weighted by atomic mass is 9.92. The van der Waals surface area contributed by atoms with Gasteiger partial charge in [0, 0.05) is 41.4 Å². The van der Waals surface area contributed by atoms with E-state index in [0.717, 1.165) is 29.7 Å². The number of halogens is 1. The van der Waals surface area contributed by atoms with E-state index in [4.69, 9.17) is 11.6 Å². The molecule has 1 amide bonds. The van der Waals surface area contributed by atoms with Crippen molar-refractivity contribution in [2.75, 3.05) is 13.1 Å². The smallest absolute Gasteiger partial charge is 0.271 e. The van der Waals surface area contributed by atoms with Crippen LogP contribution in [0.2, 0.25) is 5.02 Å². The van der Waals surface area contributed by atoms with Crippen LogP contribution in [0.4, 0.5) is 0 Å². The van der Waals surface area contributed by atoms with Gasteiger partial charge in [-0.2, -0.15) is 5.10 Å². The van der Waals surface area contributed by atoms with Gasteiger partial charge in [-0.1, -0.05) is 23.7 Å². The molecular weight excluding hydrogens is 390 g/mol. The standard InChI is InChI=1S/C21H22ClN5O2/c1-13-23-10-16(12-28)20(24-13)15-5-3-7-27(11-15)21(29)19-9-18(25-26-19)14-4-2-6-17(22)8-14/h2,4,6,8-10,15,28H,3,5,7,11-12H2,1H3,(H,25,26). The monoisotopic (exact) mass is 411 g/mol. The van der Waals surface area contributed by atoms with Crippen LogP contribution in [-0.2, 0) is 6.61 Å². The SMILES string of the molecule is Cc1ncc(CO)c(C2CCCN(C(=O)c3cc(-c4cccc(Cl)c4)n[nH]3)C2)n1. The van der Waals surface area contributed by atoms with Crippen molar-refractivity contribution < 1.29 is 9.90 Å². The van der Waals surface area contributed by atoms with E-state index in [1.807, 2.05) is 30.0 Å². The van der Waals surface area contributed by atoms with Crippen molar-refractivity contribution in [3.63, 3.8) is 0 Å². The van der Waals surface area contributed by atoms with Gasteiger partial charge in [0.1, 0.15) is 11.5 Å². The number of aryl methyl sites for hydroxylation is 1. The van der Waals surface area contributed by atoms with Crippen molar-refractivity contribution in [1.29, 1.82) is 0 Å². The second kappa shape index (κ2) is 8.31. The molecule has 2 aromatic heterocycles. The first-order valence-electron chi connectivity index (χ1n) is 9.59. The third-order valence-electron chi connectivity index (χ3n) is 5.21. The Balaban J connectivity index is 1.53. The largest absolute Gasteiger partial charge is 0.392 e. The first-order chi connectivity index (χ1) is 14.0. The van der Waals surface area contributed by atoms with Crippen LogP contribution < -0.4 is 0 Å². The van der Waals surface area contributed by atoms with Crippen molar-refractivity contribution in [3.05, 3.63) is 64.3 Å². The Kier molecular flexibility index (Phi) is 5.60. The van der Waals surface area contributed by atoms with Crippen LogP contribution in [0.1, 0.15) is 46.3 Å². The van der Waals surface area contributed by atoms with Crippen LogP contribution in [0.25, 0.3) is 11.3 Å². The molecule has 1 aromatic carbocycles. The molecule has 150 valence electrons. The van der Waals surface area contributed by atoms with E-state index in [0.29, 0.717) is 35.3 Å². The number of carbonyl (C=O) groups is 1. The van der Waals surface area contributed by atoms with Crippen LogP contribution in [0, 0.1) is 6.92 Å². The average molecular weight is 412 g/mol. The molecule has 0 aliphatic carbocycles. The van der Waals surface area contributed by atoms with E-state index in [-0.39, 0.29) is 18.4 Å². The van der Waals surface area contributed by atoms with Crippen LogP contribution >= 0.6 is 11.6 Å². The van der Waals surface area contributed by atoms with E-state index in [9.17, 15) is 9.90 Å². The molecule has 0 saturated carbocycles. The van der Waals surface area contributed by atoms with Crippen LogP contribution in [0.5, 0.6) is 0 Å². The predicted molar refractivity (Wildman–Crippen MR) is 110 cm³/mol. The number of aromatic nitrogens is 4. The van der Waals surface area contributed by atoms with E-state index >= 15 is 0 Å². The molecule has 29 heavy (non-hydrogen) atoms. The molecule has 0 spiro atoms. The zero-order valence-corrected chi connectivity index (χ0v) is 16.9. The highest BCUT2D eigenvalue weighted by molar-refractivity contribution is 6.30. The molecule has 3 aromatic rings. The number of hydrogen-bond donors (Lipinski definition) is 2. The first-order valence-corrected chi connectivity index (χ1v) is 9.97. The number of H-pyrrole nitrogens is 1. The van der Waals surface area contributed by atoms with Gasteiger partial charge in [0.25, 0.3) is 5.91 Å². The summed E-state index contributed by atoms with van der Waals surface area (Å²) in [6.07, 6.45) is 3.47. The second-order valence-electron chi connectivity index (χ2n) is 7.25. The van der Waals surface area contributed by atoms with Gasteiger partial charge >= 0.3 is 0 Å². The summed E-state index contributed by atoms with van der Waals surface area (Å²) < 4.78 is 0. The number of hydrogen-bond acceptors (Lipinski definition) is 5.